The minimum absolute atomic E-state index is 0.00533. The van der Waals surface area contributed by atoms with Crippen LogP contribution >= 0.6 is 0 Å². The van der Waals surface area contributed by atoms with Crippen LogP contribution < -0.4 is 10.5 Å². The van der Waals surface area contributed by atoms with Crippen molar-refractivity contribution in [3.8, 4) is 11.3 Å². The van der Waals surface area contributed by atoms with Gasteiger partial charge in [0, 0.05) is 29.7 Å². The third-order valence-electron chi connectivity index (χ3n) is 5.36. The number of aromatic nitrogens is 2. The van der Waals surface area contributed by atoms with Crippen molar-refractivity contribution in [3.05, 3.63) is 102 Å². The molecule has 0 fully saturated rings. The summed E-state index contributed by atoms with van der Waals surface area (Å²) in [4.78, 5) is 16.3. The van der Waals surface area contributed by atoms with E-state index in [9.17, 15) is 26.0 Å². The Balaban J connectivity index is 1.75. The number of nitrogens with one attached hydrogen (secondary N) is 1. The van der Waals surface area contributed by atoms with E-state index < -0.39 is 38.1 Å². The number of ether oxygens (including phenoxy) is 1. The summed E-state index contributed by atoms with van der Waals surface area (Å²) < 4.78 is 70.9. The number of nitrogens with zero attached hydrogens (tertiary/aromatic N) is 2. The van der Waals surface area contributed by atoms with Gasteiger partial charge in [-0.2, -0.15) is 0 Å². The lowest BCUT2D eigenvalue weighted by molar-refractivity contribution is 0.0230. The molecule has 192 valence electrons. The fraction of sp³-hybridized carbons (Fsp3) is 0.0833. The maximum Gasteiger partial charge on any atom is 0.339 e. The number of carbonyl (C=O) groups is 1. The molecule has 3 N–H and O–H groups in total. The summed E-state index contributed by atoms with van der Waals surface area (Å²) >= 11 is 0. The number of halogens is 1. The molecule has 13 heteroatoms. The Morgan fingerprint density at radius 2 is 1.73 bits per heavy atom. The van der Waals surface area contributed by atoms with Gasteiger partial charge in [0.05, 0.1) is 16.2 Å². The van der Waals surface area contributed by atoms with Crippen LogP contribution in [0.4, 0.5) is 4.39 Å². The highest BCUT2D eigenvalue weighted by atomic mass is 32.2. The largest absolute Gasteiger partial charge is 0.439 e. The molecule has 4 rings (SSSR count). The highest BCUT2D eigenvalue weighted by molar-refractivity contribution is 7.90. The van der Waals surface area contributed by atoms with Gasteiger partial charge in [0.1, 0.15) is 10.7 Å². The zero-order valence-corrected chi connectivity index (χ0v) is 20.9. The van der Waals surface area contributed by atoms with E-state index in [1.54, 1.807) is 6.07 Å². The Labute approximate surface area is 212 Å². The topological polar surface area (TPSA) is 150 Å². The second-order valence-corrected chi connectivity index (χ2v) is 11.1. The second-order valence-electron chi connectivity index (χ2n) is 7.77. The van der Waals surface area contributed by atoms with Crippen molar-refractivity contribution in [2.24, 2.45) is 5.14 Å². The number of benzene rings is 2. The van der Waals surface area contributed by atoms with Gasteiger partial charge in [-0.3, -0.25) is 10.3 Å². The van der Waals surface area contributed by atoms with Crippen LogP contribution in [-0.2, 0) is 24.8 Å². The van der Waals surface area contributed by atoms with E-state index in [1.807, 2.05) is 0 Å². The molecule has 2 heterocycles. The Kier molecular flexibility index (Phi) is 7.23. The number of carbonyl (C=O) groups excluding carboxylic acids is 1. The van der Waals surface area contributed by atoms with Crippen LogP contribution in [0.3, 0.4) is 0 Å². The molecule has 0 bridgehead atoms. The van der Waals surface area contributed by atoms with Crippen LogP contribution in [0.2, 0.25) is 0 Å². The molecule has 37 heavy (non-hydrogen) atoms. The van der Waals surface area contributed by atoms with Gasteiger partial charge >= 0.3 is 5.97 Å². The first-order chi connectivity index (χ1) is 17.5. The maximum absolute atomic E-state index is 14.7. The van der Waals surface area contributed by atoms with E-state index in [0.29, 0.717) is 0 Å². The first-order valence-corrected chi connectivity index (χ1v) is 13.6. The van der Waals surface area contributed by atoms with E-state index in [1.165, 1.54) is 74.2 Å². The fourth-order valence-electron chi connectivity index (χ4n) is 3.53. The van der Waals surface area contributed by atoms with Crippen molar-refractivity contribution >= 4 is 26.0 Å². The molecule has 0 saturated heterocycles. The Morgan fingerprint density at radius 1 is 1.03 bits per heavy atom. The molecule has 0 amide bonds. The van der Waals surface area contributed by atoms with E-state index in [2.05, 4.69) is 10.3 Å². The zero-order chi connectivity index (χ0) is 26.8. The normalized spacial score (nSPS) is 12.7. The van der Waals surface area contributed by atoms with Gasteiger partial charge in [-0.15, -0.1) is 0 Å². The molecule has 0 radical (unpaired) electrons. The smallest absolute Gasteiger partial charge is 0.339 e. The summed E-state index contributed by atoms with van der Waals surface area (Å²) in [7, 11) is -6.66. The number of pyridine rings is 1. The van der Waals surface area contributed by atoms with Crippen LogP contribution in [0.5, 0.6) is 0 Å². The molecule has 0 aliphatic carbocycles. The lowest BCUT2D eigenvalue weighted by Gasteiger charge is -2.16. The third-order valence-corrected chi connectivity index (χ3v) is 7.94. The van der Waals surface area contributed by atoms with Gasteiger partial charge in [-0.05, 0) is 61.6 Å². The summed E-state index contributed by atoms with van der Waals surface area (Å²) in [6, 6.07) is 14.7. The predicted octanol–water partition coefficient (Wildman–Crippen LogP) is 2.65. The molecular formula is C24H21FN4O6S2. The third kappa shape index (κ3) is 5.44. The standard InChI is InChI=1S/C24H21FN4O6S2/c1-27-23(35-24(30)16-8-10-18(11-9-16)36(26,31)32)17-13-22(20-6-2-3-7-21(20)25)29(15-17)37(33,34)19-5-4-12-28-14-19/h2-15,23,27H,1H3,(H2,26,31,32). The Bertz CT molecular complexity index is 1660. The van der Waals surface area contributed by atoms with Crippen molar-refractivity contribution < 1.29 is 30.8 Å². The van der Waals surface area contributed by atoms with E-state index >= 15 is 0 Å². The van der Waals surface area contributed by atoms with Crippen molar-refractivity contribution in [1.82, 2.24) is 14.3 Å². The molecule has 0 aliphatic heterocycles. The summed E-state index contributed by atoms with van der Waals surface area (Å²) in [5.74, 6) is -1.47. The van der Waals surface area contributed by atoms with Gasteiger partial charge < -0.3 is 4.74 Å². The van der Waals surface area contributed by atoms with Crippen LogP contribution in [0.25, 0.3) is 11.3 Å². The van der Waals surface area contributed by atoms with E-state index in [4.69, 9.17) is 9.88 Å². The number of primary sulfonamides is 1. The molecule has 10 nitrogen and oxygen atoms in total. The molecule has 4 aromatic rings. The van der Waals surface area contributed by atoms with Crippen LogP contribution in [-0.4, -0.2) is 38.8 Å². The molecule has 0 saturated carbocycles. The molecule has 1 atom stereocenters. The Hall–Kier alpha value is -3.91. The molecular weight excluding hydrogens is 523 g/mol. The summed E-state index contributed by atoms with van der Waals surface area (Å²) in [5.41, 5.74) is 0.263. The molecule has 2 aromatic carbocycles. The van der Waals surface area contributed by atoms with Gasteiger partial charge in [0.25, 0.3) is 10.0 Å². The lowest BCUT2D eigenvalue weighted by Crippen LogP contribution is -2.23. The highest BCUT2D eigenvalue weighted by Gasteiger charge is 2.27. The first kappa shape index (κ1) is 26.2. The fourth-order valence-corrected chi connectivity index (χ4v) is 5.39. The number of hydrogen-bond donors (Lipinski definition) is 2. The predicted molar refractivity (Wildman–Crippen MR) is 132 cm³/mol. The van der Waals surface area contributed by atoms with Crippen molar-refractivity contribution in [2.75, 3.05) is 7.05 Å². The minimum atomic E-state index is -4.20. The zero-order valence-electron chi connectivity index (χ0n) is 19.3. The van der Waals surface area contributed by atoms with Crippen molar-refractivity contribution in [1.29, 1.82) is 0 Å². The number of hydrogen-bond acceptors (Lipinski definition) is 8. The van der Waals surface area contributed by atoms with Crippen LogP contribution in [0.1, 0.15) is 22.1 Å². The molecule has 0 aliphatic rings. The monoisotopic (exact) mass is 544 g/mol. The van der Waals surface area contributed by atoms with Gasteiger partial charge in [-0.25, -0.2) is 35.1 Å². The van der Waals surface area contributed by atoms with Crippen molar-refractivity contribution in [2.45, 2.75) is 16.0 Å². The minimum Gasteiger partial charge on any atom is -0.439 e. The van der Waals surface area contributed by atoms with E-state index in [0.717, 1.165) is 16.1 Å². The number of esters is 1. The van der Waals surface area contributed by atoms with Gasteiger partial charge in [-0.1, -0.05) is 12.1 Å². The number of sulfonamides is 1. The van der Waals surface area contributed by atoms with Crippen LogP contribution in [0, 0.1) is 5.82 Å². The second kappa shape index (κ2) is 10.2. The van der Waals surface area contributed by atoms with Gasteiger partial charge in [0.2, 0.25) is 10.0 Å². The summed E-state index contributed by atoms with van der Waals surface area (Å²) in [6.07, 6.45) is 2.68. The van der Waals surface area contributed by atoms with E-state index in [-0.39, 0.29) is 32.2 Å². The molecule has 1 unspecified atom stereocenters. The molecule has 0 spiro atoms. The lowest BCUT2D eigenvalue weighted by atomic mass is 10.1. The SMILES string of the molecule is CNC(OC(=O)c1ccc(S(N)(=O)=O)cc1)c1cc(-c2ccccc2F)n(S(=O)(=O)c2cccnc2)c1. The summed E-state index contributed by atoms with van der Waals surface area (Å²) in [6.45, 7) is 0. The quantitative estimate of drug-likeness (QED) is 0.254. The average molecular weight is 545 g/mol. The first-order valence-electron chi connectivity index (χ1n) is 10.7. The maximum atomic E-state index is 14.7. The molecule has 2 aromatic heterocycles. The number of nitrogens with two attached hydrogens (primary N) is 1. The Morgan fingerprint density at radius 3 is 2.32 bits per heavy atom. The van der Waals surface area contributed by atoms with Gasteiger partial charge in [0.15, 0.2) is 6.23 Å². The van der Waals surface area contributed by atoms with Crippen LogP contribution in [0.15, 0.2) is 95.1 Å². The highest BCUT2D eigenvalue weighted by Crippen LogP contribution is 2.31. The summed E-state index contributed by atoms with van der Waals surface area (Å²) in [5, 5.41) is 7.86. The van der Waals surface area contributed by atoms with Crippen molar-refractivity contribution in [3.63, 3.8) is 0 Å². The average Bonchev–Trinajstić information content (AvgIpc) is 3.33. The number of rotatable bonds is 8.